The highest BCUT2D eigenvalue weighted by atomic mass is 16.5. The Kier molecular flexibility index (Phi) is 5.61. The van der Waals surface area contributed by atoms with Gasteiger partial charge in [-0.3, -0.25) is 4.90 Å². The van der Waals surface area contributed by atoms with Gasteiger partial charge in [0.2, 0.25) is 0 Å². The molecule has 4 nitrogen and oxygen atoms in total. The van der Waals surface area contributed by atoms with Gasteiger partial charge < -0.3 is 10.1 Å². The highest BCUT2D eigenvalue weighted by molar-refractivity contribution is 5.35. The SMILES string of the molecule is CCCNc1cccc(CN2CCCC(OC)C2)n1. The highest BCUT2D eigenvalue weighted by Gasteiger charge is 2.19. The maximum Gasteiger partial charge on any atom is 0.126 e. The first-order valence-corrected chi connectivity index (χ1v) is 7.26. The molecular formula is C15H25N3O. The first-order valence-electron chi connectivity index (χ1n) is 7.26. The van der Waals surface area contributed by atoms with Gasteiger partial charge >= 0.3 is 0 Å². The summed E-state index contributed by atoms with van der Waals surface area (Å²) in [4.78, 5) is 7.10. The van der Waals surface area contributed by atoms with Gasteiger partial charge in [0.1, 0.15) is 5.82 Å². The van der Waals surface area contributed by atoms with E-state index in [9.17, 15) is 0 Å². The van der Waals surface area contributed by atoms with E-state index < -0.39 is 0 Å². The Hall–Kier alpha value is -1.13. The monoisotopic (exact) mass is 263 g/mol. The van der Waals surface area contributed by atoms with E-state index >= 15 is 0 Å². The zero-order valence-electron chi connectivity index (χ0n) is 12.1. The van der Waals surface area contributed by atoms with Crippen molar-refractivity contribution in [2.24, 2.45) is 0 Å². The lowest BCUT2D eigenvalue weighted by molar-refractivity contribution is 0.0281. The Labute approximate surface area is 116 Å². The molecule has 1 aromatic heterocycles. The maximum absolute atomic E-state index is 5.46. The van der Waals surface area contributed by atoms with E-state index in [0.29, 0.717) is 6.10 Å². The third kappa shape index (κ3) is 4.48. The van der Waals surface area contributed by atoms with Crippen molar-refractivity contribution in [1.82, 2.24) is 9.88 Å². The summed E-state index contributed by atoms with van der Waals surface area (Å²) in [5.74, 6) is 0.986. The standard InChI is InChI=1S/C15H25N3O/c1-3-9-16-15-8-4-6-13(17-15)11-18-10-5-7-14(12-18)19-2/h4,6,8,14H,3,5,7,9-12H2,1-2H3,(H,16,17). The maximum atomic E-state index is 5.46. The Morgan fingerprint density at radius 3 is 3.16 bits per heavy atom. The summed E-state index contributed by atoms with van der Waals surface area (Å²) in [5, 5.41) is 3.34. The topological polar surface area (TPSA) is 37.4 Å². The molecular weight excluding hydrogens is 238 g/mol. The van der Waals surface area contributed by atoms with Gasteiger partial charge in [-0.25, -0.2) is 4.98 Å². The summed E-state index contributed by atoms with van der Waals surface area (Å²) in [7, 11) is 1.81. The van der Waals surface area contributed by atoms with Crippen LogP contribution >= 0.6 is 0 Å². The second-order valence-corrected chi connectivity index (χ2v) is 5.18. The molecule has 2 rings (SSSR count). The fourth-order valence-corrected chi connectivity index (χ4v) is 2.50. The molecule has 0 aliphatic carbocycles. The van der Waals surface area contributed by atoms with Crippen molar-refractivity contribution in [3.05, 3.63) is 23.9 Å². The molecule has 1 unspecified atom stereocenters. The largest absolute Gasteiger partial charge is 0.380 e. The molecule has 0 aromatic carbocycles. The van der Waals surface area contributed by atoms with E-state index in [1.54, 1.807) is 0 Å². The summed E-state index contributed by atoms with van der Waals surface area (Å²) in [5.41, 5.74) is 1.14. The molecule has 0 amide bonds. The lowest BCUT2D eigenvalue weighted by Crippen LogP contribution is -2.38. The molecule has 1 aliphatic heterocycles. The number of nitrogens with zero attached hydrogens (tertiary/aromatic N) is 2. The Morgan fingerprint density at radius 2 is 2.37 bits per heavy atom. The minimum atomic E-state index is 0.384. The van der Waals surface area contributed by atoms with Gasteiger partial charge in [-0.1, -0.05) is 13.0 Å². The highest BCUT2D eigenvalue weighted by Crippen LogP contribution is 2.15. The lowest BCUT2D eigenvalue weighted by Gasteiger charge is -2.31. The number of rotatable bonds is 6. The van der Waals surface area contributed by atoms with E-state index in [2.05, 4.69) is 34.3 Å². The molecule has 1 atom stereocenters. The van der Waals surface area contributed by atoms with Crippen LogP contribution in [-0.2, 0) is 11.3 Å². The molecule has 0 saturated carbocycles. The van der Waals surface area contributed by atoms with Gasteiger partial charge in [0.25, 0.3) is 0 Å². The van der Waals surface area contributed by atoms with Crippen LogP contribution < -0.4 is 5.32 Å². The molecule has 1 aliphatic rings. The minimum absolute atomic E-state index is 0.384. The van der Waals surface area contributed by atoms with E-state index in [1.165, 1.54) is 12.8 Å². The third-order valence-electron chi connectivity index (χ3n) is 3.54. The number of aromatic nitrogens is 1. The van der Waals surface area contributed by atoms with Crippen LogP contribution in [0.25, 0.3) is 0 Å². The quantitative estimate of drug-likeness (QED) is 0.856. The number of ether oxygens (including phenoxy) is 1. The second-order valence-electron chi connectivity index (χ2n) is 5.18. The number of anilines is 1. The molecule has 4 heteroatoms. The molecule has 0 bridgehead atoms. The van der Waals surface area contributed by atoms with Crippen LogP contribution in [0.3, 0.4) is 0 Å². The fourth-order valence-electron chi connectivity index (χ4n) is 2.50. The number of nitrogens with one attached hydrogen (secondary N) is 1. The number of hydrogen-bond donors (Lipinski definition) is 1. The van der Waals surface area contributed by atoms with Crippen LogP contribution in [0.4, 0.5) is 5.82 Å². The van der Waals surface area contributed by atoms with Crippen LogP contribution in [0.1, 0.15) is 31.9 Å². The smallest absolute Gasteiger partial charge is 0.126 e. The van der Waals surface area contributed by atoms with Crippen molar-refractivity contribution in [2.75, 3.05) is 32.1 Å². The molecule has 106 valence electrons. The van der Waals surface area contributed by atoms with E-state index in [4.69, 9.17) is 4.74 Å². The summed E-state index contributed by atoms with van der Waals surface area (Å²) < 4.78 is 5.46. The predicted octanol–water partition coefficient (Wildman–Crippen LogP) is 2.51. The second kappa shape index (κ2) is 7.46. The van der Waals surface area contributed by atoms with Gasteiger partial charge in [0.15, 0.2) is 0 Å². The van der Waals surface area contributed by atoms with Crippen LogP contribution in [0, 0.1) is 0 Å². The normalized spacial score (nSPS) is 20.4. The molecule has 1 saturated heterocycles. The van der Waals surface area contributed by atoms with Gasteiger partial charge in [0, 0.05) is 26.7 Å². The molecule has 2 heterocycles. The zero-order valence-corrected chi connectivity index (χ0v) is 12.1. The van der Waals surface area contributed by atoms with Gasteiger partial charge in [0.05, 0.1) is 11.8 Å². The molecule has 1 N–H and O–H groups in total. The molecule has 0 spiro atoms. The fraction of sp³-hybridized carbons (Fsp3) is 0.667. The molecule has 1 aromatic rings. The van der Waals surface area contributed by atoms with Crippen LogP contribution in [0.5, 0.6) is 0 Å². The van der Waals surface area contributed by atoms with Crippen molar-refractivity contribution in [3.63, 3.8) is 0 Å². The van der Waals surface area contributed by atoms with Gasteiger partial charge in [-0.2, -0.15) is 0 Å². The summed E-state index contributed by atoms with van der Waals surface area (Å²) in [6.07, 6.45) is 3.90. The van der Waals surface area contributed by atoms with Crippen LogP contribution in [0.15, 0.2) is 18.2 Å². The van der Waals surface area contributed by atoms with Crippen molar-refractivity contribution in [2.45, 2.75) is 38.8 Å². The van der Waals surface area contributed by atoms with E-state index in [-0.39, 0.29) is 0 Å². The Balaban J connectivity index is 1.90. The van der Waals surface area contributed by atoms with Crippen LogP contribution in [-0.4, -0.2) is 42.7 Å². The third-order valence-corrected chi connectivity index (χ3v) is 3.54. The first-order chi connectivity index (χ1) is 9.31. The van der Waals surface area contributed by atoms with Crippen molar-refractivity contribution >= 4 is 5.82 Å². The number of likely N-dealkylation sites (tertiary alicyclic amines) is 1. The number of piperidine rings is 1. The van der Waals surface area contributed by atoms with Crippen molar-refractivity contribution in [1.29, 1.82) is 0 Å². The Morgan fingerprint density at radius 1 is 1.47 bits per heavy atom. The Bertz CT molecular complexity index is 383. The van der Waals surface area contributed by atoms with Gasteiger partial charge in [-0.15, -0.1) is 0 Å². The van der Waals surface area contributed by atoms with E-state index in [1.807, 2.05) is 13.2 Å². The molecule has 0 radical (unpaired) electrons. The van der Waals surface area contributed by atoms with Crippen molar-refractivity contribution < 1.29 is 4.74 Å². The van der Waals surface area contributed by atoms with Crippen molar-refractivity contribution in [3.8, 4) is 0 Å². The summed E-state index contributed by atoms with van der Waals surface area (Å²) >= 11 is 0. The number of methoxy groups -OCH3 is 1. The molecule has 1 fully saturated rings. The summed E-state index contributed by atoms with van der Waals surface area (Å²) in [6, 6.07) is 6.22. The minimum Gasteiger partial charge on any atom is -0.380 e. The average molecular weight is 263 g/mol. The average Bonchev–Trinajstić information content (AvgIpc) is 2.46. The lowest BCUT2D eigenvalue weighted by atomic mass is 10.1. The van der Waals surface area contributed by atoms with E-state index in [0.717, 1.165) is 44.1 Å². The van der Waals surface area contributed by atoms with Crippen LogP contribution in [0.2, 0.25) is 0 Å². The number of pyridine rings is 1. The summed E-state index contributed by atoms with van der Waals surface area (Å²) in [6.45, 7) is 6.22. The number of hydrogen-bond acceptors (Lipinski definition) is 4. The zero-order chi connectivity index (χ0) is 13.5. The van der Waals surface area contributed by atoms with Gasteiger partial charge in [-0.05, 0) is 37.9 Å². The predicted molar refractivity (Wildman–Crippen MR) is 78.3 cm³/mol. The first kappa shape index (κ1) is 14.3. The molecule has 19 heavy (non-hydrogen) atoms.